The molecule has 0 radical (unpaired) electrons. The zero-order valence-electron chi connectivity index (χ0n) is 15.0. The summed E-state index contributed by atoms with van der Waals surface area (Å²) in [6.07, 6.45) is 2.91. The van der Waals surface area contributed by atoms with Crippen LogP contribution in [0.5, 0.6) is 5.75 Å². The first-order valence-electron chi connectivity index (χ1n) is 8.69. The third-order valence-corrected chi connectivity index (χ3v) is 5.23. The van der Waals surface area contributed by atoms with E-state index in [1.54, 1.807) is 26.1 Å². The van der Waals surface area contributed by atoms with Crippen LogP contribution in [0.25, 0.3) is 0 Å². The zero-order valence-corrected chi connectivity index (χ0v) is 15.0. The van der Waals surface area contributed by atoms with Gasteiger partial charge in [0.25, 0.3) is 5.91 Å². The van der Waals surface area contributed by atoms with Gasteiger partial charge in [-0.1, -0.05) is 12.1 Å². The summed E-state index contributed by atoms with van der Waals surface area (Å²) >= 11 is 0. The Morgan fingerprint density at radius 3 is 2.79 bits per heavy atom. The van der Waals surface area contributed by atoms with Gasteiger partial charge in [-0.2, -0.15) is 0 Å². The number of rotatable bonds is 4. The molecule has 5 nitrogen and oxygen atoms in total. The highest BCUT2D eigenvalue weighted by Gasteiger charge is 2.45. The monoisotopic (exact) mass is 332 g/mol. The van der Waals surface area contributed by atoms with Crippen molar-refractivity contribution < 1.29 is 14.3 Å². The van der Waals surface area contributed by atoms with Crippen LogP contribution in [-0.2, 0) is 16.1 Å². The van der Waals surface area contributed by atoms with E-state index in [9.17, 15) is 4.79 Å². The molecule has 0 aromatic heterocycles. The Bertz CT molecular complexity index is 572. The van der Waals surface area contributed by atoms with Crippen LogP contribution in [0, 0.1) is 5.41 Å². The van der Waals surface area contributed by atoms with Gasteiger partial charge in [-0.05, 0) is 43.5 Å². The molecule has 2 saturated heterocycles. The number of nitrogens with zero attached hydrogens (tertiary/aromatic N) is 2. The summed E-state index contributed by atoms with van der Waals surface area (Å²) in [4.78, 5) is 16.3. The highest BCUT2D eigenvalue weighted by atomic mass is 16.5. The largest absolute Gasteiger partial charge is 0.497 e. The third kappa shape index (κ3) is 3.73. The molecule has 1 aromatic carbocycles. The summed E-state index contributed by atoms with van der Waals surface area (Å²) in [6.45, 7) is 3.77. The lowest BCUT2D eigenvalue weighted by molar-refractivity contribution is -0.138. The minimum absolute atomic E-state index is 0.0964. The average molecular weight is 332 g/mol. The van der Waals surface area contributed by atoms with Gasteiger partial charge in [0.1, 0.15) is 11.9 Å². The summed E-state index contributed by atoms with van der Waals surface area (Å²) in [5, 5.41) is 0. The minimum Gasteiger partial charge on any atom is -0.497 e. The Kier molecular flexibility index (Phi) is 5.11. The van der Waals surface area contributed by atoms with E-state index in [0.29, 0.717) is 6.61 Å². The Labute approximate surface area is 144 Å². The van der Waals surface area contributed by atoms with Crippen molar-refractivity contribution in [3.63, 3.8) is 0 Å². The predicted octanol–water partition coefficient (Wildman–Crippen LogP) is 2.15. The number of carbonyl (C=O) groups is 1. The van der Waals surface area contributed by atoms with Gasteiger partial charge in [-0.25, -0.2) is 0 Å². The molecule has 1 aromatic rings. The van der Waals surface area contributed by atoms with Crippen molar-refractivity contribution in [2.45, 2.75) is 31.9 Å². The van der Waals surface area contributed by atoms with Crippen molar-refractivity contribution in [2.75, 3.05) is 40.9 Å². The number of methoxy groups -OCH3 is 1. The molecule has 24 heavy (non-hydrogen) atoms. The maximum absolute atomic E-state index is 12.2. The van der Waals surface area contributed by atoms with Crippen molar-refractivity contribution in [1.29, 1.82) is 0 Å². The van der Waals surface area contributed by atoms with E-state index in [1.807, 2.05) is 12.1 Å². The molecule has 3 rings (SSSR count). The van der Waals surface area contributed by atoms with Gasteiger partial charge < -0.3 is 14.4 Å². The minimum atomic E-state index is -0.263. The van der Waals surface area contributed by atoms with E-state index < -0.39 is 0 Å². The molecule has 2 unspecified atom stereocenters. The van der Waals surface area contributed by atoms with E-state index in [2.05, 4.69) is 17.0 Å². The van der Waals surface area contributed by atoms with E-state index in [-0.39, 0.29) is 17.4 Å². The van der Waals surface area contributed by atoms with Crippen molar-refractivity contribution in [3.8, 4) is 5.75 Å². The summed E-state index contributed by atoms with van der Waals surface area (Å²) in [5.41, 5.74) is 1.44. The number of likely N-dealkylation sites (N-methyl/N-ethyl adjacent to an activating group) is 1. The summed E-state index contributed by atoms with van der Waals surface area (Å²) in [7, 11) is 5.29. The Hall–Kier alpha value is -1.59. The number of amides is 1. The Morgan fingerprint density at radius 2 is 2.12 bits per heavy atom. The summed E-state index contributed by atoms with van der Waals surface area (Å²) < 4.78 is 11.1. The Balaban J connectivity index is 1.61. The lowest BCUT2D eigenvalue weighted by atomic mass is 9.78. The number of hydrogen-bond donors (Lipinski definition) is 0. The fraction of sp³-hybridized carbons (Fsp3) is 0.632. The van der Waals surface area contributed by atoms with Crippen molar-refractivity contribution in [2.24, 2.45) is 5.41 Å². The van der Waals surface area contributed by atoms with Gasteiger partial charge in [0.2, 0.25) is 0 Å². The summed E-state index contributed by atoms with van der Waals surface area (Å²) in [5.74, 6) is 0.988. The predicted molar refractivity (Wildman–Crippen MR) is 93.0 cm³/mol. The van der Waals surface area contributed by atoms with Gasteiger partial charge in [-0.15, -0.1) is 0 Å². The Morgan fingerprint density at radius 1 is 1.38 bits per heavy atom. The number of benzene rings is 1. The molecule has 2 atom stereocenters. The topological polar surface area (TPSA) is 42.0 Å². The maximum atomic E-state index is 12.2. The molecule has 5 heteroatoms. The third-order valence-electron chi connectivity index (χ3n) is 5.23. The number of carbonyl (C=O) groups excluding carboxylic acids is 1. The van der Waals surface area contributed by atoms with Gasteiger partial charge in [0.05, 0.1) is 13.7 Å². The highest BCUT2D eigenvalue weighted by molar-refractivity contribution is 5.80. The number of hydrogen-bond acceptors (Lipinski definition) is 4. The van der Waals surface area contributed by atoms with Crippen molar-refractivity contribution in [1.82, 2.24) is 9.80 Å². The average Bonchev–Trinajstić information content (AvgIpc) is 2.98. The molecule has 0 bridgehead atoms. The van der Waals surface area contributed by atoms with Crippen LogP contribution in [0.3, 0.4) is 0 Å². The molecule has 2 heterocycles. The van der Waals surface area contributed by atoms with Crippen molar-refractivity contribution >= 4 is 5.91 Å². The smallest absolute Gasteiger partial charge is 0.251 e. The molecule has 0 N–H and O–H groups in total. The quantitative estimate of drug-likeness (QED) is 0.847. The van der Waals surface area contributed by atoms with Crippen LogP contribution >= 0.6 is 0 Å². The number of likely N-dealkylation sites (tertiary alicyclic amines) is 1. The van der Waals surface area contributed by atoms with Gasteiger partial charge in [-0.3, -0.25) is 9.69 Å². The second-order valence-corrected chi connectivity index (χ2v) is 7.40. The normalized spacial score (nSPS) is 27.4. The molecule has 2 aliphatic heterocycles. The van der Waals surface area contributed by atoms with Crippen LogP contribution in [0.1, 0.15) is 24.8 Å². The summed E-state index contributed by atoms with van der Waals surface area (Å²) in [6, 6.07) is 8.28. The molecular formula is C19H28N2O3. The van der Waals surface area contributed by atoms with Crippen LogP contribution in [0.4, 0.5) is 0 Å². The van der Waals surface area contributed by atoms with E-state index in [1.165, 1.54) is 12.0 Å². The van der Waals surface area contributed by atoms with Crippen LogP contribution in [0.2, 0.25) is 0 Å². The number of piperidine rings is 1. The highest BCUT2D eigenvalue weighted by Crippen LogP contribution is 2.41. The lowest BCUT2D eigenvalue weighted by Gasteiger charge is -2.39. The first-order chi connectivity index (χ1) is 11.5. The molecule has 2 fully saturated rings. The zero-order chi connectivity index (χ0) is 17.2. The second-order valence-electron chi connectivity index (χ2n) is 7.40. The first-order valence-corrected chi connectivity index (χ1v) is 8.69. The first kappa shape index (κ1) is 17.2. The standard InChI is InChI=1S/C19H28N2O3/c1-20(2)18(22)17-11-19(14-24-17)9-4-10-21(13-19)12-15-5-7-16(23-3)8-6-15/h5-8,17H,4,9-14H2,1-3H3. The van der Waals surface area contributed by atoms with E-state index >= 15 is 0 Å². The molecular weight excluding hydrogens is 304 g/mol. The van der Waals surface area contributed by atoms with Crippen LogP contribution in [-0.4, -0.2) is 62.7 Å². The van der Waals surface area contributed by atoms with Gasteiger partial charge in [0, 0.05) is 32.6 Å². The molecule has 1 spiro atoms. The fourth-order valence-corrected chi connectivity index (χ4v) is 3.95. The van der Waals surface area contributed by atoms with Gasteiger partial charge in [0.15, 0.2) is 0 Å². The molecule has 2 aliphatic rings. The van der Waals surface area contributed by atoms with Crippen molar-refractivity contribution in [3.05, 3.63) is 29.8 Å². The molecule has 132 valence electrons. The molecule has 1 amide bonds. The van der Waals surface area contributed by atoms with Gasteiger partial charge >= 0.3 is 0 Å². The molecule has 0 saturated carbocycles. The van der Waals surface area contributed by atoms with Crippen LogP contribution in [0.15, 0.2) is 24.3 Å². The maximum Gasteiger partial charge on any atom is 0.251 e. The second kappa shape index (κ2) is 7.11. The van der Waals surface area contributed by atoms with Crippen LogP contribution < -0.4 is 4.74 Å². The van der Waals surface area contributed by atoms with E-state index in [0.717, 1.165) is 38.2 Å². The fourth-order valence-electron chi connectivity index (χ4n) is 3.95. The SMILES string of the molecule is COc1ccc(CN2CCCC3(COC(C(=O)N(C)C)C3)C2)cc1. The molecule has 0 aliphatic carbocycles. The number of ether oxygens (including phenoxy) is 2. The van der Waals surface area contributed by atoms with E-state index in [4.69, 9.17) is 9.47 Å². The lowest BCUT2D eigenvalue weighted by Crippen LogP contribution is -2.44.